The number of ether oxygens (including phenoxy) is 1. The molecule has 0 heterocycles. The molecule has 0 aromatic heterocycles. The Morgan fingerprint density at radius 3 is 2.05 bits per heavy atom. The van der Waals surface area contributed by atoms with E-state index in [-0.39, 0.29) is 8.83 Å². The number of nitrogens with zero attached hydrogens (tertiary/aromatic N) is 1. The summed E-state index contributed by atoms with van der Waals surface area (Å²) in [5, 5.41) is 3.40. The maximum atomic E-state index is 11.4. The Labute approximate surface area is 140 Å². The number of halogens is 2. The largest absolute Gasteiger partial charge is 0.364 e. The van der Waals surface area contributed by atoms with Gasteiger partial charge in [-0.2, -0.15) is 0 Å². The molecule has 20 heavy (non-hydrogen) atoms. The SMILES string of the molecule is C=C(C)C(CCCC(C)(C)Br)(CCOC(C)(C)Br)N=O. The lowest BCUT2D eigenvalue weighted by atomic mass is 9.83. The van der Waals surface area contributed by atoms with Gasteiger partial charge in [0.05, 0.1) is 6.61 Å². The summed E-state index contributed by atoms with van der Waals surface area (Å²) in [6.45, 7) is 14.4. The van der Waals surface area contributed by atoms with Crippen LogP contribution in [0, 0.1) is 4.91 Å². The predicted octanol–water partition coefficient (Wildman–Crippen LogP) is 5.95. The van der Waals surface area contributed by atoms with E-state index in [2.05, 4.69) is 57.5 Å². The fourth-order valence-electron chi connectivity index (χ4n) is 1.98. The molecule has 0 N–H and O–H groups in total. The number of hydrogen-bond donors (Lipinski definition) is 0. The van der Waals surface area contributed by atoms with Crippen LogP contribution in [0.2, 0.25) is 0 Å². The van der Waals surface area contributed by atoms with Crippen molar-refractivity contribution in [3.63, 3.8) is 0 Å². The maximum Gasteiger partial charge on any atom is 0.125 e. The fourth-order valence-corrected chi connectivity index (χ4v) is 2.43. The van der Waals surface area contributed by atoms with Crippen LogP contribution in [0.15, 0.2) is 17.3 Å². The van der Waals surface area contributed by atoms with Gasteiger partial charge < -0.3 is 4.74 Å². The van der Waals surface area contributed by atoms with Crippen LogP contribution in [0.25, 0.3) is 0 Å². The van der Waals surface area contributed by atoms with Gasteiger partial charge in [0.15, 0.2) is 0 Å². The second kappa shape index (κ2) is 8.04. The zero-order valence-corrected chi connectivity index (χ0v) is 16.4. The lowest BCUT2D eigenvalue weighted by Gasteiger charge is -2.29. The molecule has 0 bridgehead atoms. The van der Waals surface area contributed by atoms with Crippen molar-refractivity contribution in [2.45, 2.75) is 74.7 Å². The summed E-state index contributed by atoms with van der Waals surface area (Å²) in [5.74, 6) is 0. The van der Waals surface area contributed by atoms with Gasteiger partial charge in [-0.3, -0.25) is 0 Å². The molecule has 1 atom stereocenters. The molecule has 0 aliphatic heterocycles. The van der Waals surface area contributed by atoms with Crippen LogP contribution < -0.4 is 0 Å². The van der Waals surface area contributed by atoms with Crippen molar-refractivity contribution in [1.29, 1.82) is 0 Å². The Hall–Kier alpha value is 0.260. The van der Waals surface area contributed by atoms with E-state index in [1.54, 1.807) is 0 Å². The first-order valence-electron chi connectivity index (χ1n) is 6.94. The number of hydrogen-bond acceptors (Lipinski definition) is 3. The number of nitroso groups, excluding NO2 is 1. The summed E-state index contributed by atoms with van der Waals surface area (Å²) < 4.78 is 5.36. The highest BCUT2D eigenvalue weighted by molar-refractivity contribution is 9.10. The van der Waals surface area contributed by atoms with Crippen molar-refractivity contribution >= 4 is 31.9 Å². The first kappa shape index (κ1) is 20.3. The highest BCUT2D eigenvalue weighted by atomic mass is 79.9. The Bertz CT molecular complexity index is 310. The third-order valence-electron chi connectivity index (χ3n) is 3.29. The molecule has 3 nitrogen and oxygen atoms in total. The zero-order chi connectivity index (χ0) is 16.0. The van der Waals surface area contributed by atoms with E-state index in [1.807, 2.05) is 20.8 Å². The lowest BCUT2D eigenvalue weighted by Crippen LogP contribution is -2.31. The average Bonchev–Trinajstić information content (AvgIpc) is 2.23. The Balaban J connectivity index is 4.59. The molecule has 1 unspecified atom stereocenters. The van der Waals surface area contributed by atoms with Gasteiger partial charge in [-0.25, -0.2) is 0 Å². The van der Waals surface area contributed by atoms with Gasteiger partial charge in [0.2, 0.25) is 0 Å². The molecule has 0 amide bonds. The molecule has 0 saturated carbocycles. The van der Waals surface area contributed by atoms with Crippen LogP contribution in [0.5, 0.6) is 0 Å². The molecular weight excluding hydrogens is 386 g/mol. The quantitative estimate of drug-likeness (QED) is 0.252. The molecule has 0 saturated heterocycles. The van der Waals surface area contributed by atoms with Gasteiger partial charge >= 0.3 is 0 Å². The third kappa shape index (κ3) is 8.53. The van der Waals surface area contributed by atoms with Crippen molar-refractivity contribution in [3.05, 3.63) is 17.1 Å². The Morgan fingerprint density at radius 1 is 1.15 bits per heavy atom. The van der Waals surface area contributed by atoms with Gasteiger partial charge in [-0.1, -0.05) is 57.5 Å². The molecule has 118 valence electrons. The molecule has 0 aliphatic carbocycles. The monoisotopic (exact) mass is 411 g/mol. The average molecular weight is 413 g/mol. The van der Waals surface area contributed by atoms with E-state index in [9.17, 15) is 4.91 Å². The van der Waals surface area contributed by atoms with Crippen molar-refractivity contribution in [1.82, 2.24) is 0 Å². The van der Waals surface area contributed by atoms with Crippen LogP contribution >= 0.6 is 31.9 Å². The Kier molecular flexibility index (Phi) is 8.15. The molecule has 0 aromatic rings. The predicted molar refractivity (Wildman–Crippen MR) is 93.8 cm³/mol. The second-order valence-electron chi connectivity index (χ2n) is 6.44. The first-order valence-corrected chi connectivity index (χ1v) is 8.53. The van der Waals surface area contributed by atoms with Crippen LogP contribution in [-0.4, -0.2) is 21.0 Å². The van der Waals surface area contributed by atoms with Gasteiger partial charge in [-0.05, 0) is 45.6 Å². The van der Waals surface area contributed by atoms with Gasteiger partial charge in [-0.15, -0.1) is 4.91 Å². The van der Waals surface area contributed by atoms with Crippen LogP contribution in [0.4, 0.5) is 0 Å². The molecule has 0 aliphatic rings. The molecular formula is C15H27Br2NO2. The summed E-state index contributed by atoms with van der Waals surface area (Å²) in [6, 6.07) is 0. The number of alkyl halides is 2. The summed E-state index contributed by atoms with van der Waals surface area (Å²) in [5.41, 5.74) is 0.104. The molecule has 0 spiro atoms. The van der Waals surface area contributed by atoms with E-state index in [4.69, 9.17) is 4.74 Å². The summed E-state index contributed by atoms with van der Waals surface area (Å²) in [6.07, 6.45) is 3.20. The highest BCUT2D eigenvalue weighted by Crippen LogP contribution is 2.34. The van der Waals surface area contributed by atoms with Crippen molar-refractivity contribution in [2.75, 3.05) is 6.61 Å². The second-order valence-corrected chi connectivity index (χ2v) is 10.5. The van der Waals surface area contributed by atoms with Crippen LogP contribution in [0.3, 0.4) is 0 Å². The molecule has 0 fully saturated rings. The lowest BCUT2D eigenvalue weighted by molar-refractivity contribution is 0.0474. The smallest absolute Gasteiger partial charge is 0.125 e. The first-order chi connectivity index (χ1) is 8.92. The topological polar surface area (TPSA) is 38.7 Å². The molecule has 5 heteroatoms. The van der Waals surface area contributed by atoms with Crippen LogP contribution in [0.1, 0.15) is 60.3 Å². The van der Waals surface area contributed by atoms with E-state index in [0.29, 0.717) is 19.4 Å². The molecule has 0 rings (SSSR count). The number of rotatable bonds is 10. The molecule has 0 aromatic carbocycles. The van der Waals surface area contributed by atoms with E-state index < -0.39 is 5.54 Å². The van der Waals surface area contributed by atoms with Crippen LogP contribution in [-0.2, 0) is 4.74 Å². The van der Waals surface area contributed by atoms with Crippen molar-refractivity contribution in [3.8, 4) is 0 Å². The van der Waals surface area contributed by atoms with E-state index in [1.165, 1.54) is 0 Å². The van der Waals surface area contributed by atoms with Gasteiger partial charge in [0.25, 0.3) is 0 Å². The minimum atomic E-state index is -0.712. The maximum absolute atomic E-state index is 11.4. The van der Waals surface area contributed by atoms with Crippen molar-refractivity contribution in [2.24, 2.45) is 5.18 Å². The summed E-state index contributed by atoms with van der Waals surface area (Å²) in [4.78, 5) is 11.4. The van der Waals surface area contributed by atoms with Gasteiger partial charge in [0, 0.05) is 10.7 Å². The minimum absolute atomic E-state index is 0.0883. The summed E-state index contributed by atoms with van der Waals surface area (Å²) in [7, 11) is 0. The van der Waals surface area contributed by atoms with Gasteiger partial charge in [0.1, 0.15) is 10.0 Å². The zero-order valence-electron chi connectivity index (χ0n) is 13.3. The Morgan fingerprint density at radius 2 is 1.70 bits per heavy atom. The van der Waals surface area contributed by atoms with Crippen molar-refractivity contribution < 1.29 is 4.74 Å². The fraction of sp³-hybridized carbons (Fsp3) is 0.867. The third-order valence-corrected chi connectivity index (χ3v) is 3.92. The minimum Gasteiger partial charge on any atom is -0.364 e. The molecule has 0 radical (unpaired) electrons. The van der Waals surface area contributed by atoms with E-state index >= 15 is 0 Å². The standard InChI is InChI=1S/C15H27Br2NO2/c1-12(2)15(18-19,9-7-8-13(3,4)16)10-11-20-14(5,6)17/h1,7-11H2,2-6H3. The summed E-state index contributed by atoms with van der Waals surface area (Å²) >= 11 is 7.05. The van der Waals surface area contributed by atoms with E-state index in [0.717, 1.165) is 18.4 Å². The highest BCUT2D eigenvalue weighted by Gasteiger charge is 2.33. The normalized spacial score (nSPS) is 15.8.